The number of hydrogen-bond donors (Lipinski definition) is 2. The number of rotatable bonds is 9. The summed E-state index contributed by atoms with van der Waals surface area (Å²) in [6.07, 6.45) is 0.152. The molecule has 2 rings (SSSR count). The van der Waals surface area contributed by atoms with E-state index in [9.17, 15) is 9.59 Å². The molecule has 6 nitrogen and oxygen atoms in total. The molecule has 27 heavy (non-hydrogen) atoms. The van der Waals surface area contributed by atoms with Crippen LogP contribution in [0.25, 0.3) is 0 Å². The van der Waals surface area contributed by atoms with Gasteiger partial charge in [0.2, 0.25) is 0 Å². The van der Waals surface area contributed by atoms with E-state index in [0.717, 1.165) is 5.56 Å². The van der Waals surface area contributed by atoms with Crippen molar-refractivity contribution in [2.24, 2.45) is 5.10 Å². The van der Waals surface area contributed by atoms with E-state index in [1.165, 1.54) is 5.56 Å². The molecule has 0 aliphatic carbocycles. The highest BCUT2D eigenvalue weighted by Gasteiger charge is 2.09. The van der Waals surface area contributed by atoms with Crippen LogP contribution in [0.2, 0.25) is 0 Å². The fourth-order valence-electron chi connectivity index (χ4n) is 2.38. The lowest BCUT2D eigenvalue weighted by Gasteiger charge is -2.09. The normalized spacial score (nSPS) is 11.3. The summed E-state index contributed by atoms with van der Waals surface area (Å²) in [6, 6.07) is 16.7. The average molecular weight is 368 g/mol. The molecular formula is C21H24N2O4. The smallest absolute Gasteiger partial charge is 0.303 e. The zero-order chi connectivity index (χ0) is 19.6. The number of carbonyl (C=O) groups is 2. The van der Waals surface area contributed by atoms with Crippen LogP contribution in [-0.4, -0.2) is 29.3 Å². The Hall–Kier alpha value is -3.15. The Morgan fingerprint density at radius 2 is 1.70 bits per heavy atom. The number of carboxylic acids is 1. The third-order valence-electron chi connectivity index (χ3n) is 3.91. The fourth-order valence-corrected chi connectivity index (χ4v) is 2.38. The number of carbonyl (C=O) groups excluding carboxylic acids is 1. The fraction of sp³-hybridized carbons (Fsp3) is 0.286. The van der Waals surface area contributed by atoms with Crippen molar-refractivity contribution in [2.75, 3.05) is 6.61 Å². The summed E-state index contributed by atoms with van der Waals surface area (Å²) >= 11 is 0. The third-order valence-corrected chi connectivity index (χ3v) is 3.91. The molecule has 0 aromatic heterocycles. The van der Waals surface area contributed by atoms with Gasteiger partial charge in [0, 0.05) is 6.42 Å². The zero-order valence-electron chi connectivity index (χ0n) is 15.5. The van der Waals surface area contributed by atoms with Crippen LogP contribution in [0.3, 0.4) is 0 Å². The third kappa shape index (κ3) is 6.93. The Kier molecular flexibility index (Phi) is 7.55. The average Bonchev–Trinajstić information content (AvgIpc) is 2.67. The molecule has 0 unspecified atom stereocenters. The second kappa shape index (κ2) is 10.1. The monoisotopic (exact) mass is 368 g/mol. The molecule has 0 aliphatic heterocycles. The Labute approximate surface area is 158 Å². The van der Waals surface area contributed by atoms with E-state index in [-0.39, 0.29) is 19.4 Å². The Bertz CT molecular complexity index is 784. The lowest BCUT2D eigenvalue weighted by molar-refractivity contribution is -0.136. The number of amides is 1. The molecule has 2 aromatic rings. The maximum absolute atomic E-state index is 12.0. The Balaban J connectivity index is 1.93. The predicted molar refractivity (Wildman–Crippen MR) is 104 cm³/mol. The minimum atomic E-state index is -0.918. The van der Waals surface area contributed by atoms with Crippen LogP contribution in [0.5, 0.6) is 5.75 Å². The van der Waals surface area contributed by atoms with Crippen LogP contribution < -0.4 is 10.2 Å². The van der Waals surface area contributed by atoms with Gasteiger partial charge in [-0.25, -0.2) is 5.43 Å². The van der Waals surface area contributed by atoms with Crippen LogP contribution in [0.4, 0.5) is 0 Å². The van der Waals surface area contributed by atoms with Crippen molar-refractivity contribution in [2.45, 2.75) is 32.6 Å². The van der Waals surface area contributed by atoms with Gasteiger partial charge in [-0.3, -0.25) is 9.59 Å². The van der Waals surface area contributed by atoms with Crippen LogP contribution in [0, 0.1) is 0 Å². The standard InChI is InChI=1S/C21H24N2O4/c1-15(2)16-8-10-18(11-9-16)27-14-20(24)23-22-19(12-13-21(25)26)17-6-4-3-5-7-17/h3-11,15H,12-14H2,1-2H3,(H,23,24)(H,25,26). The number of nitrogens with one attached hydrogen (secondary N) is 1. The van der Waals surface area contributed by atoms with Crippen molar-refractivity contribution in [3.63, 3.8) is 0 Å². The highest BCUT2D eigenvalue weighted by molar-refractivity contribution is 6.02. The van der Waals surface area contributed by atoms with Gasteiger partial charge >= 0.3 is 5.97 Å². The van der Waals surface area contributed by atoms with Gasteiger partial charge in [-0.05, 0) is 29.2 Å². The van der Waals surface area contributed by atoms with Crippen molar-refractivity contribution in [1.29, 1.82) is 0 Å². The molecule has 0 heterocycles. The van der Waals surface area contributed by atoms with E-state index in [4.69, 9.17) is 9.84 Å². The summed E-state index contributed by atoms with van der Waals surface area (Å²) in [5.41, 5.74) is 4.91. The van der Waals surface area contributed by atoms with Crippen molar-refractivity contribution in [3.8, 4) is 5.75 Å². The first-order valence-corrected chi connectivity index (χ1v) is 8.81. The highest BCUT2D eigenvalue weighted by Crippen LogP contribution is 2.18. The summed E-state index contributed by atoms with van der Waals surface area (Å²) in [6.45, 7) is 4.04. The van der Waals surface area contributed by atoms with E-state index >= 15 is 0 Å². The first-order valence-electron chi connectivity index (χ1n) is 8.81. The molecule has 6 heteroatoms. The molecule has 0 atom stereocenters. The summed E-state index contributed by atoms with van der Waals surface area (Å²) < 4.78 is 5.46. The van der Waals surface area contributed by atoms with Gasteiger partial charge in [-0.2, -0.15) is 5.10 Å². The van der Waals surface area contributed by atoms with E-state index in [0.29, 0.717) is 17.4 Å². The number of nitrogens with zero attached hydrogens (tertiary/aromatic N) is 1. The first kappa shape index (κ1) is 20.2. The maximum Gasteiger partial charge on any atom is 0.303 e. The van der Waals surface area contributed by atoms with Crippen molar-refractivity contribution < 1.29 is 19.4 Å². The minimum Gasteiger partial charge on any atom is -0.484 e. The molecule has 0 saturated carbocycles. The van der Waals surface area contributed by atoms with Crippen LogP contribution in [-0.2, 0) is 9.59 Å². The molecule has 0 spiro atoms. The summed E-state index contributed by atoms with van der Waals surface area (Å²) in [4.78, 5) is 22.8. The topological polar surface area (TPSA) is 88.0 Å². The molecule has 0 bridgehead atoms. The zero-order valence-corrected chi connectivity index (χ0v) is 15.5. The SMILES string of the molecule is CC(C)c1ccc(OCC(=O)NN=C(CCC(=O)O)c2ccccc2)cc1. The van der Waals surface area contributed by atoms with E-state index in [1.54, 1.807) is 0 Å². The number of aliphatic carboxylic acids is 1. The van der Waals surface area contributed by atoms with E-state index < -0.39 is 11.9 Å². The molecule has 2 aromatic carbocycles. The number of ether oxygens (including phenoxy) is 1. The van der Waals surface area contributed by atoms with Gasteiger partial charge in [0.1, 0.15) is 5.75 Å². The van der Waals surface area contributed by atoms with Gasteiger partial charge in [-0.1, -0.05) is 56.3 Å². The van der Waals surface area contributed by atoms with Crippen LogP contribution in [0.1, 0.15) is 43.7 Å². The van der Waals surface area contributed by atoms with Gasteiger partial charge in [-0.15, -0.1) is 0 Å². The molecule has 0 radical (unpaired) electrons. The van der Waals surface area contributed by atoms with Gasteiger partial charge in [0.05, 0.1) is 12.1 Å². The van der Waals surface area contributed by atoms with Crippen molar-refractivity contribution >= 4 is 17.6 Å². The van der Waals surface area contributed by atoms with Crippen molar-refractivity contribution in [1.82, 2.24) is 5.43 Å². The quantitative estimate of drug-likeness (QED) is 0.523. The first-order chi connectivity index (χ1) is 13.0. The predicted octanol–water partition coefficient (Wildman–Crippen LogP) is 3.57. The molecule has 1 amide bonds. The van der Waals surface area contributed by atoms with Crippen LogP contribution in [0.15, 0.2) is 59.7 Å². The Morgan fingerprint density at radius 1 is 1.04 bits per heavy atom. The molecule has 142 valence electrons. The summed E-state index contributed by atoms with van der Waals surface area (Å²) in [7, 11) is 0. The van der Waals surface area contributed by atoms with Crippen molar-refractivity contribution in [3.05, 3.63) is 65.7 Å². The second-order valence-electron chi connectivity index (χ2n) is 6.37. The number of carboxylic acid groups (broad SMARTS) is 1. The molecule has 0 saturated heterocycles. The number of hydrazone groups is 1. The lowest BCUT2D eigenvalue weighted by Crippen LogP contribution is -2.26. The Morgan fingerprint density at radius 3 is 2.30 bits per heavy atom. The summed E-state index contributed by atoms with van der Waals surface area (Å²) in [5, 5.41) is 13.0. The molecule has 0 aliphatic rings. The minimum absolute atomic E-state index is 0.0672. The van der Waals surface area contributed by atoms with E-state index in [1.807, 2.05) is 54.6 Å². The van der Waals surface area contributed by atoms with Crippen LogP contribution >= 0.6 is 0 Å². The van der Waals surface area contributed by atoms with E-state index in [2.05, 4.69) is 24.4 Å². The summed E-state index contributed by atoms with van der Waals surface area (Å²) in [5.74, 6) is -0.295. The highest BCUT2D eigenvalue weighted by atomic mass is 16.5. The number of benzene rings is 2. The van der Waals surface area contributed by atoms with Gasteiger partial charge in [0.15, 0.2) is 6.61 Å². The lowest BCUT2D eigenvalue weighted by atomic mass is 10.0. The van der Waals surface area contributed by atoms with Gasteiger partial charge < -0.3 is 9.84 Å². The molecule has 2 N–H and O–H groups in total. The molecular weight excluding hydrogens is 344 g/mol. The van der Waals surface area contributed by atoms with Gasteiger partial charge in [0.25, 0.3) is 5.91 Å². The second-order valence-corrected chi connectivity index (χ2v) is 6.37. The maximum atomic E-state index is 12.0. The molecule has 0 fully saturated rings. The largest absolute Gasteiger partial charge is 0.484 e. The number of hydrogen-bond acceptors (Lipinski definition) is 4.